The van der Waals surface area contributed by atoms with Crippen LogP contribution in [0.3, 0.4) is 0 Å². The number of benzene rings is 1. The Morgan fingerprint density at radius 1 is 1.27 bits per heavy atom. The highest BCUT2D eigenvalue weighted by atomic mass is 16.3. The molecule has 3 atom stereocenters. The number of aliphatic hydroxyl groups excluding tert-OH is 1. The summed E-state index contributed by atoms with van der Waals surface area (Å²) in [4.78, 5) is 2.70. The van der Waals surface area contributed by atoms with E-state index in [0.29, 0.717) is 6.04 Å². The van der Waals surface area contributed by atoms with E-state index in [1.54, 1.807) is 0 Å². The molecule has 3 aliphatic rings. The number of aromatic nitrogens is 1. The van der Waals surface area contributed by atoms with Crippen molar-refractivity contribution in [3.8, 4) is 0 Å². The first-order valence-electron chi connectivity index (χ1n) is 8.79. The smallest absolute Gasteiger partial charge is 0.131 e. The molecule has 3 heteroatoms. The Balaban J connectivity index is 1.85. The highest BCUT2D eigenvalue weighted by Gasteiger charge is 2.52. The summed E-state index contributed by atoms with van der Waals surface area (Å²) in [6.45, 7) is 4.73. The van der Waals surface area contributed by atoms with Crippen molar-refractivity contribution in [1.82, 2.24) is 9.47 Å². The SMILES string of the molecule is CC[C@@]12CCCN3CCc4c(n(c5ccccc45)C(O)C1)[C@H]32. The van der Waals surface area contributed by atoms with E-state index in [1.165, 1.54) is 54.5 Å². The minimum Gasteiger partial charge on any atom is -0.373 e. The van der Waals surface area contributed by atoms with Crippen LogP contribution < -0.4 is 0 Å². The fourth-order valence-corrected chi connectivity index (χ4v) is 5.66. The molecular weight excluding hydrogens is 272 g/mol. The molecule has 1 unspecified atom stereocenters. The van der Waals surface area contributed by atoms with E-state index in [9.17, 15) is 5.11 Å². The standard InChI is InChI=1S/C19H24N2O/c1-2-19-9-5-10-20-11-8-14-13-6-3-4-7-15(13)21(16(22)12-19)17(14)18(19)20/h3-4,6-7,16,18,22H,2,5,8-12H2,1H3/t16?,18-,19+/m0/s1. The van der Waals surface area contributed by atoms with Gasteiger partial charge >= 0.3 is 0 Å². The second kappa shape index (κ2) is 4.36. The van der Waals surface area contributed by atoms with E-state index in [1.807, 2.05) is 0 Å². The lowest BCUT2D eigenvalue weighted by atomic mass is 9.64. The molecule has 0 aliphatic carbocycles. The number of hydrogen-bond acceptors (Lipinski definition) is 2. The Hall–Kier alpha value is -1.32. The van der Waals surface area contributed by atoms with E-state index in [0.717, 1.165) is 12.8 Å². The molecule has 1 aromatic carbocycles. The summed E-state index contributed by atoms with van der Waals surface area (Å²) in [5.74, 6) is 0. The lowest BCUT2D eigenvalue weighted by molar-refractivity contribution is -0.0791. The second-order valence-electron chi connectivity index (χ2n) is 7.44. The molecule has 0 spiro atoms. The van der Waals surface area contributed by atoms with Gasteiger partial charge in [-0.1, -0.05) is 25.1 Å². The largest absolute Gasteiger partial charge is 0.373 e. The van der Waals surface area contributed by atoms with E-state index in [4.69, 9.17) is 0 Å². The lowest BCUT2D eigenvalue weighted by Crippen LogP contribution is -2.53. The van der Waals surface area contributed by atoms with E-state index < -0.39 is 0 Å². The lowest BCUT2D eigenvalue weighted by Gasteiger charge is -2.56. The van der Waals surface area contributed by atoms with E-state index in [2.05, 4.69) is 40.7 Å². The predicted molar refractivity (Wildman–Crippen MR) is 87.8 cm³/mol. The van der Waals surface area contributed by atoms with E-state index >= 15 is 0 Å². The number of aliphatic hydroxyl groups is 1. The predicted octanol–water partition coefficient (Wildman–Crippen LogP) is 3.63. The van der Waals surface area contributed by atoms with Crippen molar-refractivity contribution in [2.45, 2.75) is 51.3 Å². The van der Waals surface area contributed by atoms with Crippen molar-refractivity contribution in [3.05, 3.63) is 35.5 Å². The van der Waals surface area contributed by atoms with Gasteiger partial charge in [-0.2, -0.15) is 0 Å². The Morgan fingerprint density at radius 2 is 2.14 bits per heavy atom. The maximum atomic E-state index is 11.0. The van der Waals surface area contributed by atoms with Gasteiger partial charge in [0.15, 0.2) is 0 Å². The Labute approximate surface area is 131 Å². The summed E-state index contributed by atoms with van der Waals surface area (Å²) in [5, 5.41) is 12.3. The third-order valence-corrected chi connectivity index (χ3v) is 6.62. The van der Waals surface area contributed by atoms with Crippen LogP contribution in [0, 0.1) is 5.41 Å². The molecule has 0 amide bonds. The van der Waals surface area contributed by atoms with Crippen LogP contribution in [-0.4, -0.2) is 27.7 Å². The fourth-order valence-electron chi connectivity index (χ4n) is 5.66. The van der Waals surface area contributed by atoms with Crippen molar-refractivity contribution < 1.29 is 5.11 Å². The minimum atomic E-state index is -0.358. The normalized spacial score (nSPS) is 33.9. The third kappa shape index (κ3) is 1.44. The van der Waals surface area contributed by atoms with Gasteiger partial charge in [-0.15, -0.1) is 0 Å². The molecule has 3 aliphatic heterocycles. The van der Waals surface area contributed by atoms with Crippen LogP contribution in [-0.2, 0) is 6.42 Å². The summed E-state index contributed by atoms with van der Waals surface area (Å²) in [6.07, 6.45) is 5.41. The molecule has 0 radical (unpaired) electrons. The van der Waals surface area contributed by atoms with Crippen molar-refractivity contribution >= 4 is 10.9 Å². The monoisotopic (exact) mass is 296 g/mol. The maximum Gasteiger partial charge on any atom is 0.131 e. The van der Waals surface area contributed by atoms with Gasteiger partial charge in [0.05, 0.1) is 11.6 Å². The highest BCUT2D eigenvalue weighted by molar-refractivity contribution is 5.86. The van der Waals surface area contributed by atoms with Crippen molar-refractivity contribution in [2.24, 2.45) is 5.41 Å². The van der Waals surface area contributed by atoms with Crippen molar-refractivity contribution in [1.29, 1.82) is 0 Å². The molecule has 3 nitrogen and oxygen atoms in total. The zero-order chi connectivity index (χ0) is 14.9. The molecule has 5 rings (SSSR count). The zero-order valence-electron chi connectivity index (χ0n) is 13.3. The van der Waals surface area contributed by atoms with Gasteiger partial charge in [0.2, 0.25) is 0 Å². The number of fused-ring (bicyclic) bond motifs is 3. The first kappa shape index (κ1) is 13.1. The van der Waals surface area contributed by atoms with Crippen LogP contribution >= 0.6 is 0 Å². The Morgan fingerprint density at radius 3 is 3.00 bits per heavy atom. The number of nitrogens with zero attached hydrogens (tertiary/aromatic N) is 2. The van der Waals surface area contributed by atoms with Gasteiger partial charge in [0, 0.05) is 17.6 Å². The minimum absolute atomic E-state index is 0.275. The molecular formula is C19H24N2O. The summed E-state index contributed by atoms with van der Waals surface area (Å²) in [7, 11) is 0. The van der Waals surface area contributed by atoms with Gasteiger partial charge < -0.3 is 9.67 Å². The average molecular weight is 296 g/mol. The average Bonchev–Trinajstić information content (AvgIpc) is 2.89. The van der Waals surface area contributed by atoms with Crippen molar-refractivity contribution in [2.75, 3.05) is 13.1 Å². The molecule has 1 saturated heterocycles. The van der Waals surface area contributed by atoms with Crippen LogP contribution in [0.4, 0.5) is 0 Å². The zero-order valence-corrected chi connectivity index (χ0v) is 13.3. The van der Waals surface area contributed by atoms with Crippen LogP contribution in [0.15, 0.2) is 24.3 Å². The fraction of sp³-hybridized carbons (Fsp3) is 0.579. The number of rotatable bonds is 1. The van der Waals surface area contributed by atoms with Gasteiger partial charge in [-0.25, -0.2) is 0 Å². The number of piperidine rings is 1. The van der Waals surface area contributed by atoms with Crippen LogP contribution in [0.2, 0.25) is 0 Å². The van der Waals surface area contributed by atoms with Crippen LogP contribution in [0.25, 0.3) is 10.9 Å². The molecule has 116 valence electrons. The number of para-hydroxylation sites is 1. The second-order valence-corrected chi connectivity index (χ2v) is 7.44. The molecule has 2 aromatic rings. The summed E-state index contributed by atoms with van der Waals surface area (Å²) in [6, 6.07) is 9.19. The van der Waals surface area contributed by atoms with Crippen LogP contribution in [0.5, 0.6) is 0 Å². The Bertz CT molecular complexity index is 749. The number of hydrogen-bond donors (Lipinski definition) is 1. The molecule has 0 bridgehead atoms. The van der Waals surface area contributed by atoms with Crippen molar-refractivity contribution in [3.63, 3.8) is 0 Å². The maximum absolute atomic E-state index is 11.0. The highest BCUT2D eigenvalue weighted by Crippen LogP contribution is 2.59. The van der Waals surface area contributed by atoms with Gasteiger partial charge in [0.1, 0.15) is 6.23 Å². The quantitative estimate of drug-likeness (QED) is 0.870. The molecule has 22 heavy (non-hydrogen) atoms. The molecule has 1 aromatic heterocycles. The van der Waals surface area contributed by atoms with Crippen LogP contribution in [0.1, 0.15) is 56.1 Å². The summed E-state index contributed by atoms with van der Waals surface area (Å²) >= 11 is 0. The Kier molecular flexibility index (Phi) is 2.61. The molecule has 1 fully saturated rings. The molecule has 0 saturated carbocycles. The summed E-state index contributed by atoms with van der Waals surface area (Å²) in [5.41, 5.74) is 4.46. The van der Waals surface area contributed by atoms with Gasteiger partial charge in [0.25, 0.3) is 0 Å². The first-order valence-corrected chi connectivity index (χ1v) is 8.79. The topological polar surface area (TPSA) is 28.4 Å². The van der Waals surface area contributed by atoms with Gasteiger partial charge in [-0.05, 0) is 55.7 Å². The first-order chi connectivity index (χ1) is 10.7. The van der Waals surface area contributed by atoms with Gasteiger partial charge in [-0.3, -0.25) is 4.90 Å². The third-order valence-electron chi connectivity index (χ3n) is 6.62. The molecule has 4 heterocycles. The van der Waals surface area contributed by atoms with E-state index in [-0.39, 0.29) is 11.6 Å². The molecule has 1 N–H and O–H groups in total. The summed E-state index contributed by atoms with van der Waals surface area (Å²) < 4.78 is 2.26.